The molecule has 2 saturated heterocycles. The molecule has 0 aromatic heterocycles. The van der Waals surface area contributed by atoms with Gasteiger partial charge in [-0.2, -0.15) is 0 Å². The Kier molecular flexibility index (Phi) is 3.69. The molecular weight excluding hydrogens is 212 g/mol. The maximum absolute atomic E-state index is 5.19. The van der Waals surface area contributed by atoms with Gasteiger partial charge in [-0.25, -0.2) is 0 Å². The third-order valence-electron chi connectivity index (χ3n) is 4.46. The van der Waals surface area contributed by atoms with E-state index in [9.17, 15) is 0 Å². The minimum Gasteiger partial charge on any atom is -0.381 e. The van der Waals surface area contributed by atoms with Gasteiger partial charge in [-0.15, -0.1) is 0 Å². The van der Waals surface area contributed by atoms with E-state index in [1.807, 2.05) is 0 Å². The molecule has 0 aromatic rings. The first-order chi connectivity index (χ1) is 8.31. The quantitative estimate of drug-likeness (QED) is 0.678. The van der Waals surface area contributed by atoms with Gasteiger partial charge in [-0.05, 0) is 37.6 Å². The second kappa shape index (κ2) is 5.25. The minimum absolute atomic E-state index is 0.837. The summed E-state index contributed by atoms with van der Waals surface area (Å²) in [6.45, 7) is 9.62. The van der Waals surface area contributed by atoms with Crippen LogP contribution in [0.25, 0.3) is 0 Å². The van der Waals surface area contributed by atoms with Crippen molar-refractivity contribution in [1.29, 1.82) is 0 Å². The van der Waals surface area contributed by atoms with Gasteiger partial charge in [0.1, 0.15) is 0 Å². The van der Waals surface area contributed by atoms with Crippen molar-refractivity contribution in [3.8, 4) is 0 Å². The standard InChI is InChI=1S/C14H26N2O/c1-11-6-16(7-11)8-13-5-14(13)15-4-2-3-12-9-17-10-12/h11-15H,2-10H2,1H3. The van der Waals surface area contributed by atoms with Crippen LogP contribution in [0.2, 0.25) is 0 Å². The van der Waals surface area contributed by atoms with E-state index in [0.717, 1.165) is 37.0 Å². The molecule has 0 spiro atoms. The monoisotopic (exact) mass is 238 g/mol. The average Bonchev–Trinajstić information content (AvgIpc) is 2.91. The van der Waals surface area contributed by atoms with Gasteiger partial charge in [0.2, 0.25) is 0 Å². The van der Waals surface area contributed by atoms with Gasteiger partial charge in [-0.3, -0.25) is 0 Å². The molecule has 1 saturated carbocycles. The van der Waals surface area contributed by atoms with Crippen molar-refractivity contribution in [2.45, 2.75) is 32.2 Å². The number of hydrogen-bond donors (Lipinski definition) is 1. The lowest BCUT2D eigenvalue weighted by Crippen LogP contribution is -2.46. The molecule has 2 heterocycles. The van der Waals surface area contributed by atoms with Gasteiger partial charge >= 0.3 is 0 Å². The fourth-order valence-corrected chi connectivity index (χ4v) is 3.14. The van der Waals surface area contributed by atoms with E-state index >= 15 is 0 Å². The van der Waals surface area contributed by atoms with E-state index < -0.39 is 0 Å². The average molecular weight is 238 g/mol. The number of nitrogens with zero attached hydrogens (tertiary/aromatic N) is 1. The summed E-state index contributed by atoms with van der Waals surface area (Å²) < 4.78 is 5.19. The first-order valence-corrected chi connectivity index (χ1v) is 7.34. The maximum Gasteiger partial charge on any atom is 0.0516 e. The van der Waals surface area contributed by atoms with Crippen molar-refractivity contribution in [3.63, 3.8) is 0 Å². The minimum atomic E-state index is 0.837. The van der Waals surface area contributed by atoms with Crippen molar-refractivity contribution >= 4 is 0 Å². The smallest absolute Gasteiger partial charge is 0.0516 e. The molecule has 0 bridgehead atoms. The lowest BCUT2D eigenvalue weighted by atomic mass is 10.0. The third-order valence-corrected chi connectivity index (χ3v) is 4.46. The fourth-order valence-electron chi connectivity index (χ4n) is 3.14. The summed E-state index contributed by atoms with van der Waals surface area (Å²) in [5, 5.41) is 3.71. The Labute approximate surface area is 105 Å². The number of rotatable bonds is 7. The van der Waals surface area contributed by atoms with Crippen LogP contribution in [0, 0.1) is 17.8 Å². The van der Waals surface area contributed by atoms with Crippen molar-refractivity contribution < 1.29 is 4.74 Å². The molecule has 0 radical (unpaired) electrons. The van der Waals surface area contributed by atoms with Crippen LogP contribution in [-0.4, -0.2) is 50.3 Å². The highest BCUT2D eigenvalue weighted by molar-refractivity contribution is 4.96. The SMILES string of the molecule is CC1CN(CC2CC2NCCCC2COC2)C1. The zero-order valence-electron chi connectivity index (χ0n) is 11.0. The summed E-state index contributed by atoms with van der Waals surface area (Å²) in [5.41, 5.74) is 0. The molecule has 2 aliphatic heterocycles. The Bertz CT molecular complexity index is 249. The van der Waals surface area contributed by atoms with Crippen LogP contribution in [-0.2, 0) is 4.74 Å². The van der Waals surface area contributed by atoms with E-state index in [1.54, 1.807) is 0 Å². The lowest BCUT2D eigenvalue weighted by molar-refractivity contribution is -0.0361. The van der Waals surface area contributed by atoms with Gasteiger partial charge in [0.15, 0.2) is 0 Å². The highest BCUT2D eigenvalue weighted by Crippen LogP contribution is 2.33. The number of hydrogen-bond acceptors (Lipinski definition) is 3. The van der Waals surface area contributed by atoms with Crippen LogP contribution < -0.4 is 5.32 Å². The predicted octanol–water partition coefficient (Wildman–Crippen LogP) is 1.34. The van der Waals surface area contributed by atoms with E-state index in [1.165, 1.54) is 45.4 Å². The molecule has 0 amide bonds. The lowest BCUT2D eigenvalue weighted by Gasteiger charge is -2.37. The normalized spacial score (nSPS) is 34.4. The van der Waals surface area contributed by atoms with Crippen molar-refractivity contribution in [2.75, 3.05) is 39.4 Å². The first kappa shape index (κ1) is 11.9. The van der Waals surface area contributed by atoms with Gasteiger partial charge < -0.3 is 15.0 Å². The van der Waals surface area contributed by atoms with Crippen molar-refractivity contribution in [3.05, 3.63) is 0 Å². The Balaban J connectivity index is 1.18. The molecule has 1 aliphatic carbocycles. The van der Waals surface area contributed by atoms with E-state index in [2.05, 4.69) is 17.1 Å². The molecule has 98 valence electrons. The molecule has 17 heavy (non-hydrogen) atoms. The van der Waals surface area contributed by atoms with E-state index in [0.29, 0.717) is 0 Å². The third kappa shape index (κ3) is 3.21. The van der Waals surface area contributed by atoms with Crippen molar-refractivity contribution in [2.24, 2.45) is 17.8 Å². The Morgan fingerprint density at radius 3 is 2.76 bits per heavy atom. The molecule has 3 heteroatoms. The highest BCUT2D eigenvalue weighted by atomic mass is 16.5. The van der Waals surface area contributed by atoms with Crippen LogP contribution in [0.4, 0.5) is 0 Å². The largest absolute Gasteiger partial charge is 0.381 e. The summed E-state index contributed by atoms with van der Waals surface area (Å²) in [5.74, 6) is 2.77. The number of nitrogens with one attached hydrogen (secondary N) is 1. The molecular formula is C14H26N2O. The molecule has 1 N–H and O–H groups in total. The predicted molar refractivity (Wildman–Crippen MR) is 69.0 cm³/mol. The molecule has 0 aromatic carbocycles. The number of ether oxygens (including phenoxy) is 1. The van der Waals surface area contributed by atoms with Gasteiger partial charge in [0.05, 0.1) is 13.2 Å². The van der Waals surface area contributed by atoms with Crippen LogP contribution in [0.15, 0.2) is 0 Å². The highest BCUT2D eigenvalue weighted by Gasteiger charge is 2.39. The van der Waals surface area contributed by atoms with E-state index in [4.69, 9.17) is 4.74 Å². The molecule has 3 rings (SSSR count). The van der Waals surface area contributed by atoms with Gasteiger partial charge in [-0.1, -0.05) is 6.92 Å². The zero-order valence-corrected chi connectivity index (χ0v) is 11.0. The first-order valence-electron chi connectivity index (χ1n) is 7.34. The van der Waals surface area contributed by atoms with Gasteiger partial charge in [0, 0.05) is 31.6 Å². The Morgan fingerprint density at radius 2 is 2.12 bits per heavy atom. The van der Waals surface area contributed by atoms with Crippen molar-refractivity contribution in [1.82, 2.24) is 10.2 Å². The molecule has 2 unspecified atom stereocenters. The number of likely N-dealkylation sites (tertiary alicyclic amines) is 1. The zero-order chi connectivity index (χ0) is 11.7. The Hall–Kier alpha value is -0.120. The Morgan fingerprint density at radius 1 is 1.29 bits per heavy atom. The second-order valence-corrected chi connectivity index (χ2v) is 6.43. The van der Waals surface area contributed by atoms with Gasteiger partial charge in [0.25, 0.3) is 0 Å². The molecule has 3 fully saturated rings. The maximum atomic E-state index is 5.19. The summed E-state index contributed by atoms with van der Waals surface area (Å²) in [4.78, 5) is 2.61. The molecule has 3 nitrogen and oxygen atoms in total. The van der Waals surface area contributed by atoms with Crippen LogP contribution >= 0.6 is 0 Å². The summed E-state index contributed by atoms with van der Waals surface area (Å²) >= 11 is 0. The second-order valence-electron chi connectivity index (χ2n) is 6.43. The topological polar surface area (TPSA) is 24.5 Å². The summed E-state index contributed by atoms with van der Waals surface area (Å²) in [6.07, 6.45) is 4.10. The van der Waals surface area contributed by atoms with Crippen LogP contribution in [0.3, 0.4) is 0 Å². The molecule has 2 atom stereocenters. The summed E-state index contributed by atoms with van der Waals surface area (Å²) in [7, 11) is 0. The van der Waals surface area contributed by atoms with Crippen LogP contribution in [0.5, 0.6) is 0 Å². The summed E-state index contributed by atoms with van der Waals surface area (Å²) in [6, 6.07) is 0.837. The van der Waals surface area contributed by atoms with Crippen LogP contribution in [0.1, 0.15) is 26.2 Å². The fraction of sp³-hybridized carbons (Fsp3) is 1.00. The van der Waals surface area contributed by atoms with E-state index in [-0.39, 0.29) is 0 Å². The molecule has 3 aliphatic rings.